The Kier molecular flexibility index (Phi) is 8.36. The molecule has 1 aromatic rings. The SMILES string of the molecule is CCOc1ccc(S(=O)(=O)N(C)CC(C)(C)CN)cc1Br.Cl. The molecule has 1 rings (SSSR count). The minimum Gasteiger partial charge on any atom is -0.493 e. The van der Waals surface area contributed by atoms with E-state index in [0.29, 0.717) is 29.9 Å². The van der Waals surface area contributed by atoms with E-state index in [4.69, 9.17) is 10.5 Å². The van der Waals surface area contributed by atoms with Crippen LogP contribution in [-0.4, -0.2) is 39.5 Å². The molecule has 0 aliphatic rings. The monoisotopic (exact) mass is 414 g/mol. The molecule has 0 amide bonds. The molecule has 0 aliphatic carbocycles. The third-order valence-corrected chi connectivity index (χ3v) is 5.53. The highest BCUT2D eigenvalue weighted by Gasteiger charge is 2.27. The smallest absolute Gasteiger partial charge is 0.242 e. The van der Waals surface area contributed by atoms with Gasteiger partial charge in [-0.15, -0.1) is 12.4 Å². The number of nitrogens with zero attached hydrogens (tertiary/aromatic N) is 1. The zero-order chi connectivity index (χ0) is 16.3. The zero-order valence-corrected chi connectivity index (χ0v) is 16.5. The Morgan fingerprint density at radius 1 is 1.36 bits per heavy atom. The number of hydrogen-bond acceptors (Lipinski definition) is 4. The molecule has 0 bridgehead atoms. The maximum Gasteiger partial charge on any atom is 0.242 e. The summed E-state index contributed by atoms with van der Waals surface area (Å²) in [6.07, 6.45) is 0. The second-order valence-corrected chi connectivity index (χ2v) is 8.55. The first-order chi connectivity index (χ1) is 9.64. The highest BCUT2D eigenvalue weighted by molar-refractivity contribution is 9.10. The summed E-state index contributed by atoms with van der Waals surface area (Å²) in [6.45, 7) is 7.05. The molecule has 0 aliphatic heterocycles. The van der Waals surface area contributed by atoms with E-state index in [2.05, 4.69) is 15.9 Å². The molecule has 0 unspecified atom stereocenters. The molecule has 2 N–H and O–H groups in total. The Labute approximate surface area is 147 Å². The van der Waals surface area contributed by atoms with E-state index >= 15 is 0 Å². The maximum absolute atomic E-state index is 12.6. The molecule has 128 valence electrons. The van der Waals surface area contributed by atoms with Crippen LogP contribution < -0.4 is 10.5 Å². The third kappa shape index (κ3) is 5.38. The second-order valence-electron chi connectivity index (χ2n) is 5.65. The van der Waals surface area contributed by atoms with Crippen LogP contribution in [0.15, 0.2) is 27.6 Å². The molecule has 0 saturated heterocycles. The fourth-order valence-electron chi connectivity index (χ4n) is 1.85. The summed E-state index contributed by atoms with van der Waals surface area (Å²) in [7, 11) is -1.98. The number of sulfonamides is 1. The lowest BCUT2D eigenvalue weighted by atomic mass is 9.94. The van der Waals surface area contributed by atoms with Gasteiger partial charge >= 0.3 is 0 Å². The van der Waals surface area contributed by atoms with Crippen molar-refractivity contribution in [2.24, 2.45) is 11.1 Å². The average Bonchev–Trinajstić information content (AvgIpc) is 2.40. The highest BCUT2D eigenvalue weighted by atomic mass is 79.9. The fraction of sp³-hybridized carbons (Fsp3) is 0.571. The molecule has 0 radical (unpaired) electrons. The van der Waals surface area contributed by atoms with Crippen LogP contribution >= 0.6 is 28.3 Å². The molecule has 0 spiro atoms. The van der Waals surface area contributed by atoms with E-state index in [-0.39, 0.29) is 22.7 Å². The van der Waals surface area contributed by atoms with Crippen molar-refractivity contribution in [1.82, 2.24) is 4.31 Å². The van der Waals surface area contributed by atoms with Gasteiger partial charge in [0, 0.05) is 13.6 Å². The van der Waals surface area contributed by atoms with E-state index in [9.17, 15) is 8.42 Å². The largest absolute Gasteiger partial charge is 0.493 e. The molecule has 0 saturated carbocycles. The lowest BCUT2D eigenvalue weighted by Gasteiger charge is -2.28. The molecule has 0 atom stereocenters. The second kappa shape index (κ2) is 8.49. The zero-order valence-electron chi connectivity index (χ0n) is 13.3. The van der Waals surface area contributed by atoms with Crippen molar-refractivity contribution in [1.29, 1.82) is 0 Å². The Morgan fingerprint density at radius 3 is 2.41 bits per heavy atom. The summed E-state index contributed by atoms with van der Waals surface area (Å²) >= 11 is 3.34. The minimum absolute atomic E-state index is 0. The van der Waals surface area contributed by atoms with Gasteiger partial charge in [0.25, 0.3) is 0 Å². The van der Waals surface area contributed by atoms with E-state index in [1.54, 1.807) is 25.2 Å². The van der Waals surface area contributed by atoms with Crippen molar-refractivity contribution < 1.29 is 13.2 Å². The van der Waals surface area contributed by atoms with E-state index in [1.165, 1.54) is 4.31 Å². The Morgan fingerprint density at radius 2 is 1.95 bits per heavy atom. The Balaban J connectivity index is 0.00000441. The molecule has 1 aromatic carbocycles. The average molecular weight is 416 g/mol. The van der Waals surface area contributed by atoms with Gasteiger partial charge in [-0.05, 0) is 53.0 Å². The van der Waals surface area contributed by atoms with Crippen LogP contribution in [0.4, 0.5) is 0 Å². The van der Waals surface area contributed by atoms with Gasteiger partial charge in [-0.25, -0.2) is 12.7 Å². The number of hydrogen-bond donors (Lipinski definition) is 1. The van der Waals surface area contributed by atoms with Gasteiger partial charge in [0.1, 0.15) is 5.75 Å². The van der Waals surface area contributed by atoms with Crippen LogP contribution in [-0.2, 0) is 10.0 Å². The minimum atomic E-state index is -3.54. The summed E-state index contributed by atoms with van der Waals surface area (Å²) in [5, 5.41) is 0. The van der Waals surface area contributed by atoms with Crippen LogP contribution in [0.2, 0.25) is 0 Å². The normalized spacial score (nSPS) is 12.1. The molecule has 8 heteroatoms. The van der Waals surface area contributed by atoms with Gasteiger partial charge in [-0.3, -0.25) is 0 Å². The highest BCUT2D eigenvalue weighted by Crippen LogP contribution is 2.29. The molecule has 22 heavy (non-hydrogen) atoms. The number of rotatable bonds is 7. The van der Waals surface area contributed by atoms with Crippen LogP contribution in [0.5, 0.6) is 5.75 Å². The number of benzene rings is 1. The van der Waals surface area contributed by atoms with Crippen molar-refractivity contribution >= 4 is 38.4 Å². The standard InChI is InChI=1S/C14H23BrN2O3S.ClH/c1-5-20-13-7-6-11(8-12(13)15)21(18,19)17(4)10-14(2,3)9-16;/h6-8H,5,9-10,16H2,1-4H3;1H. The Hall–Kier alpha value is -0.340. The van der Waals surface area contributed by atoms with E-state index < -0.39 is 10.0 Å². The van der Waals surface area contributed by atoms with Gasteiger partial charge in [0.2, 0.25) is 10.0 Å². The molecular weight excluding hydrogens is 392 g/mol. The number of nitrogens with two attached hydrogens (primary N) is 1. The van der Waals surface area contributed by atoms with Crippen molar-refractivity contribution in [3.8, 4) is 5.75 Å². The summed E-state index contributed by atoms with van der Waals surface area (Å²) in [5.74, 6) is 0.626. The molecule has 0 fully saturated rings. The van der Waals surface area contributed by atoms with E-state index in [1.807, 2.05) is 20.8 Å². The predicted octanol–water partition coefficient (Wildman–Crippen LogP) is 2.88. The van der Waals surface area contributed by atoms with Gasteiger partial charge in [0.05, 0.1) is 16.0 Å². The van der Waals surface area contributed by atoms with Crippen LogP contribution in [0.25, 0.3) is 0 Å². The maximum atomic E-state index is 12.6. The quantitative estimate of drug-likeness (QED) is 0.743. The number of ether oxygens (including phenoxy) is 1. The summed E-state index contributed by atoms with van der Waals surface area (Å²) < 4.78 is 32.5. The van der Waals surface area contributed by atoms with Gasteiger partial charge in [-0.1, -0.05) is 13.8 Å². The topological polar surface area (TPSA) is 72.6 Å². The van der Waals surface area contributed by atoms with Gasteiger partial charge in [-0.2, -0.15) is 0 Å². The fourth-order valence-corrected chi connectivity index (χ4v) is 3.88. The summed E-state index contributed by atoms with van der Waals surface area (Å²) in [4.78, 5) is 0.230. The lowest BCUT2D eigenvalue weighted by molar-refractivity contribution is 0.292. The van der Waals surface area contributed by atoms with Gasteiger partial charge < -0.3 is 10.5 Å². The number of halogens is 2. The van der Waals surface area contributed by atoms with Crippen molar-refractivity contribution in [3.05, 3.63) is 22.7 Å². The summed E-state index contributed by atoms with van der Waals surface area (Å²) in [6, 6.07) is 4.77. The van der Waals surface area contributed by atoms with Crippen molar-refractivity contribution in [3.63, 3.8) is 0 Å². The first kappa shape index (κ1) is 21.7. The van der Waals surface area contributed by atoms with E-state index in [0.717, 1.165) is 0 Å². The lowest BCUT2D eigenvalue weighted by Crippen LogP contribution is -2.39. The Bertz CT molecular complexity index is 594. The first-order valence-electron chi connectivity index (χ1n) is 6.73. The van der Waals surface area contributed by atoms with Crippen LogP contribution in [0, 0.1) is 5.41 Å². The summed E-state index contributed by atoms with van der Waals surface area (Å²) in [5.41, 5.74) is 5.39. The van der Waals surface area contributed by atoms with Gasteiger partial charge in [0.15, 0.2) is 0 Å². The van der Waals surface area contributed by atoms with Crippen molar-refractivity contribution in [2.45, 2.75) is 25.7 Å². The van der Waals surface area contributed by atoms with Crippen LogP contribution in [0.3, 0.4) is 0 Å². The van der Waals surface area contributed by atoms with Crippen LogP contribution in [0.1, 0.15) is 20.8 Å². The predicted molar refractivity (Wildman–Crippen MR) is 95.2 cm³/mol. The third-order valence-electron chi connectivity index (χ3n) is 3.11. The molecule has 0 heterocycles. The van der Waals surface area contributed by atoms with Crippen molar-refractivity contribution in [2.75, 3.05) is 26.7 Å². The first-order valence-corrected chi connectivity index (χ1v) is 8.96. The molecule has 5 nitrogen and oxygen atoms in total. The molecule has 0 aromatic heterocycles. The molecular formula is C14H24BrClN2O3S.